The van der Waals surface area contributed by atoms with Gasteiger partial charge in [0.05, 0.1) is 12.4 Å². The van der Waals surface area contributed by atoms with Crippen molar-refractivity contribution in [3.05, 3.63) is 70.8 Å². The third-order valence-corrected chi connectivity index (χ3v) is 4.21. The standard InChI is InChI=1S/C22H28N6/c1-15(2)19-9-5-17(6-10-19)13-25-27-21(23)22(24)28-26-14-18-7-11-20(12-8-18)16(3)4/h5-16H,1-4H3,(H2,23,27)(H2,24,28)/b25-13-,26-14-. The summed E-state index contributed by atoms with van der Waals surface area (Å²) in [6.07, 6.45) is 3.23. The Morgan fingerprint density at radius 2 is 0.964 bits per heavy atom. The highest BCUT2D eigenvalue weighted by atomic mass is 15.3. The molecule has 0 aliphatic rings. The fourth-order valence-corrected chi connectivity index (χ4v) is 2.35. The molecule has 0 aliphatic carbocycles. The summed E-state index contributed by atoms with van der Waals surface area (Å²) in [5.74, 6) is 1.01. The van der Waals surface area contributed by atoms with Crippen LogP contribution < -0.4 is 11.5 Å². The lowest BCUT2D eigenvalue weighted by molar-refractivity contribution is 0.866. The maximum atomic E-state index is 5.78. The lowest BCUT2D eigenvalue weighted by Gasteiger charge is -2.04. The average molecular weight is 377 g/mol. The molecule has 0 amide bonds. The molecule has 2 rings (SSSR count). The van der Waals surface area contributed by atoms with Crippen molar-refractivity contribution in [2.24, 2.45) is 31.9 Å². The fourth-order valence-electron chi connectivity index (χ4n) is 2.35. The first-order valence-electron chi connectivity index (χ1n) is 9.30. The molecule has 0 aromatic heterocycles. The van der Waals surface area contributed by atoms with Crippen LogP contribution in [0.4, 0.5) is 0 Å². The van der Waals surface area contributed by atoms with E-state index in [-0.39, 0.29) is 11.7 Å². The Bertz CT molecular complexity index is 797. The minimum absolute atomic E-state index is 0.0161. The van der Waals surface area contributed by atoms with Gasteiger partial charge in [0.15, 0.2) is 11.7 Å². The molecule has 0 aliphatic heterocycles. The van der Waals surface area contributed by atoms with E-state index in [0.717, 1.165) is 11.1 Å². The minimum Gasteiger partial charge on any atom is -0.379 e. The van der Waals surface area contributed by atoms with Crippen molar-refractivity contribution >= 4 is 24.1 Å². The number of amidine groups is 2. The van der Waals surface area contributed by atoms with Crippen molar-refractivity contribution in [1.82, 2.24) is 0 Å². The van der Waals surface area contributed by atoms with Gasteiger partial charge in [0, 0.05) is 0 Å². The highest BCUT2D eigenvalue weighted by Gasteiger charge is 2.00. The van der Waals surface area contributed by atoms with Crippen molar-refractivity contribution in [3.63, 3.8) is 0 Å². The summed E-state index contributed by atoms with van der Waals surface area (Å²) < 4.78 is 0. The van der Waals surface area contributed by atoms with Crippen LogP contribution in [0.25, 0.3) is 0 Å². The molecular formula is C22H28N6. The number of hydrogen-bond acceptors (Lipinski definition) is 4. The topological polar surface area (TPSA) is 101 Å². The maximum Gasteiger partial charge on any atom is 0.190 e. The summed E-state index contributed by atoms with van der Waals surface area (Å²) in [6.45, 7) is 8.61. The number of nitrogens with zero attached hydrogens (tertiary/aromatic N) is 4. The molecule has 0 saturated heterocycles. The Kier molecular flexibility index (Phi) is 7.63. The van der Waals surface area contributed by atoms with E-state index in [1.807, 2.05) is 24.3 Å². The molecule has 0 heterocycles. The number of benzene rings is 2. The van der Waals surface area contributed by atoms with Gasteiger partial charge in [-0.2, -0.15) is 10.2 Å². The van der Waals surface area contributed by atoms with Gasteiger partial charge in [0.2, 0.25) is 0 Å². The number of nitrogens with two attached hydrogens (primary N) is 2. The quantitative estimate of drug-likeness (QED) is 0.452. The molecule has 146 valence electrons. The second-order valence-corrected chi connectivity index (χ2v) is 7.10. The Morgan fingerprint density at radius 3 is 1.25 bits per heavy atom. The molecule has 2 aromatic rings. The average Bonchev–Trinajstić information content (AvgIpc) is 2.68. The second kappa shape index (κ2) is 10.2. The van der Waals surface area contributed by atoms with Gasteiger partial charge in [-0.05, 0) is 34.1 Å². The molecule has 28 heavy (non-hydrogen) atoms. The van der Waals surface area contributed by atoms with Crippen LogP contribution in [-0.4, -0.2) is 24.1 Å². The normalized spacial score (nSPS) is 13.4. The zero-order chi connectivity index (χ0) is 20.5. The van der Waals surface area contributed by atoms with E-state index in [0.29, 0.717) is 11.8 Å². The van der Waals surface area contributed by atoms with Gasteiger partial charge in [-0.1, -0.05) is 76.2 Å². The van der Waals surface area contributed by atoms with E-state index in [1.165, 1.54) is 11.1 Å². The van der Waals surface area contributed by atoms with Crippen molar-refractivity contribution in [2.75, 3.05) is 0 Å². The van der Waals surface area contributed by atoms with E-state index in [1.54, 1.807) is 12.4 Å². The summed E-state index contributed by atoms with van der Waals surface area (Å²) in [5.41, 5.74) is 16.0. The summed E-state index contributed by atoms with van der Waals surface area (Å²) in [6, 6.07) is 16.2. The Hall–Kier alpha value is -3.28. The van der Waals surface area contributed by atoms with Crippen LogP contribution in [0.15, 0.2) is 68.9 Å². The van der Waals surface area contributed by atoms with Crippen LogP contribution in [0.2, 0.25) is 0 Å². The zero-order valence-corrected chi connectivity index (χ0v) is 16.9. The van der Waals surface area contributed by atoms with Crippen LogP contribution >= 0.6 is 0 Å². The first kappa shape index (κ1) is 21.0. The molecule has 0 fully saturated rings. The first-order chi connectivity index (χ1) is 13.4. The monoisotopic (exact) mass is 376 g/mol. The molecule has 0 atom stereocenters. The smallest absolute Gasteiger partial charge is 0.190 e. The van der Waals surface area contributed by atoms with Crippen molar-refractivity contribution < 1.29 is 0 Å². The third kappa shape index (κ3) is 6.46. The molecule has 6 nitrogen and oxygen atoms in total. The van der Waals surface area contributed by atoms with Gasteiger partial charge in [-0.15, -0.1) is 10.2 Å². The maximum absolute atomic E-state index is 5.78. The highest BCUT2D eigenvalue weighted by Crippen LogP contribution is 2.14. The van der Waals surface area contributed by atoms with Crippen LogP contribution in [-0.2, 0) is 0 Å². The number of hydrogen-bond donors (Lipinski definition) is 2. The molecule has 0 saturated carbocycles. The van der Waals surface area contributed by atoms with Crippen molar-refractivity contribution in [2.45, 2.75) is 39.5 Å². The van der Waals surface area contributed by atoms with E-state index >= 15 is 0 Å². The Labute approximate surface area is 166 Å². The largest absolute Gasteiger partial charge is 0.379 e. The summed E-state index contributed by atoms with van der Waals surface area (Å²) in [4.78, 5) is 0. The fraction of sp³-hybridized carbons (Fsp3) is 0.273. The molecular weight excluding hydrogens is 348 g/mol. The molecule has 0 bridgehead atoms. The third-order valence-electron chi connectivity index (χ3n) is 4.21. The van der Waals surface area contributed by atoms with E-state index in [4.69, 9.17) is 11.5 Å². The molecule has 0 radical (unpaired) electrons. The zero-order valence-electron chi connectivity index (χ0n) is 16.9. The van der Waals surface area contributed by atoms with Crippen LogP contribution in [0.5, 0.6) is 0 Å². The van der Waals surface area contributed by atoms with Gasteiger partial charge in [-0.3, -0.25) is 0 Å². The molecule has 0 spiro atoms. The second-order valence-electron chi connectivity index (χ2n) is 7.10. The summed E-state index contributed by atoms with van der Waals surface area (Å²) >= 11 is 0. The Morgan fingerprint density at radius 1 is 0.643 bits per heavy atom. The van der Waals surface area contributed by atoms with E-state index in [2.05, 4.69) is 72.4 Å². The van der Waals surface area contributed by atoms with E-state index in [9.17, 15) is 0 Å². The van der Waals surface area contributed by atoms with Crippen molar-refractivity contribution in [3.8, 4) is 0 Å². The van der Waals surface area contributed by atoms with Crippen molar-refractivity contribution in [1.29, 1.82) is 0 Å². The summed E-state index contributed by atoms with van der Waals surface area (Å²) in [5, 5.41) is 15.6. The SMILES string of the molecule is CC(C)c1ccc(\C=N/N=C(N)/C(N)=N/N=C\c2ccc(C(C)C)cc2)cc1. The first-order valence-corrected chi connectivity index (χ1v) is 9.30. The predicted octanol–water partition coefficient (Wildman–Crippen LogP) is 4.02. The van der Waals surface area contributed by atoms with Crippen LogP contribution in [0.3, 0.4) is 0 Å². The van der Waals surface area contributed by atoms with Gasteiger partial charge in [0.1, 0.15) is 0 Å². The van der Waals surface area contributed by atoms with Gasteiger partial charge in [0.25, 0.3) is 0 Å². The van der Waals surface area contributed by atoms with Gasteiger partial charge >= 0.3 is 0 Å². The van der Waals surface area contributed by atoms with Crippen LogP contribution in [0.1, 0.15) is 61.8 Å². The van der Waals surface area contributed by atoms with Gasteiger partial charge in [-0.25, -0.2) is 0 Å². The number of rotatable bonds is 6. The summed E-state index contributed by atoms with van der Waals surface area (Å²) in [7, 11) is 0. The predicted molar refractivity (Wildman–Crippen MR) is 119 cm³/mol. The molecule has 4 N–H and O–H groups in total. The molecule has 6 heteroatoms. The Balaban J connectivity index is 1.97. The van der Waals surface area contributed by atoms with E-state index < -0.39 is 0 Å². The van der Waals surface area contributed by atoms with Gasteiger partial charge < -0.3 is 11.5 Å². The minimum atomic E-state index is 0.0161. The molecule has 2 aromatic carbocycles. The van der Waals surface area contributed by atoms with Crippen LogP contribution in [0, 0.1) is 0 Å². The lowest BCUT2D eigenvalue weighted by Crippen LogP contribution is -2.30. The lowest BCUT2D eigenvalue weighted by atomic mass is 10.0. The molecule has 0 unspecified atom stereocenters. The highest BCUT2D eigenvalue weighted by molar-refractivity contribution is 6.39.